The van der Waals surface area contributed by atoms with E-state index in [1.807, 2.05) is 0 Å². The van der Waals surface area contributed by atoms with Crippen LogP contribution in [0.2, 0.25) is 0 Å². The number of piperidine rings is 1. The Morgan fingerprint density at radius 3 is 2.70 bits per heavy atom. The Bertz CT molecular complexity index is 974. The van der Waals surface area contributed by atoms with E-state index >= 15 is 0 Å². The first-order valence-electron chi connectivity index (χ1n) is 8.39. The van der Waals surface area contributed by atoms with Gasteiger partial charge in [-0.3, -0.25) is 0 Å². The summed E-state index contributed by atoms with van der Waals surface area (Å²) in [5.74, 6) is -0.00878. The number of benzene rings is 1. The molecule has 10 heteroatoms. The number of β-amino-alcohol motifs (C(OH)–C–C–N with tert-alkyl or cyclic N) is 2. The average Bonchev–Trinajstić information content (AvgIpc) is 3.20. The third kappa shape index (κ3) is 2.94. The normalized spacial score (nSPS) is 25.9. The molecule has 4 N–H and O–H groups in total. The van der Waals surface area contributed by atoms with E-state index in [9.17, 15) is 14.6 Å². The zero-order valence-electron chi connectivity index (χ0n) is 14.8. The maximum absolute atomic E-state index is 13.5. The number of halogens is 1. The van der Waals surface area contributed by atoms with E-state index in [-0.39, 0.29) is 13.1 Å². The van der Waals surface area contributed by atoms with Gasteiger partial charge in [-0.15, -0.1) is 5.10 Å². The van der Waals surface area contributed by atoms with E-state index in [0.29, 0.717) is 27.1 Å². The first-order valence-corrected chi connectivity index (χ1v) is 9.21. The molecule has 0 saturated carbocycles. The third-order valence-corrected chi connectivity index (χ3v) is 5.99. The summed E-state index contributed by atoms with van der Waals surface area (Å²) in [7, 11) is 1.48. The fourth-order valence-electron chi connectivity index (χ4n) is 3.13. The van der Waals surface area contributed by atoms with Crippen LogP contribution < -0.4 is 15.4 Å². The lowest BCUT2D eigenvalue weighted by Crippen LogP contribution is -2.67. The van der Waals surface area contributed by atoms with E-state index in [4.69, 9.17) is 10.5 Å². The van der Waals surface area contributed by atoms with Gasteiger partial charge in [-0.1, -0.05) is 11.3 Å². The number of nitrogens with zero attached hydrogens (tertiary/aromatic N) is 4. The van der Waals surface area contributed by atoms with Crippen LogP contribution in [0.3, 0.4) is 0 Å². The molecule has 4 rings (SSSR count). The first kappa shape index (κ1) is 18.1. The first-order chi connectivity index (χ1) is 12.8. The van der Waals surface area contributed by atoms with Crippen LogP contribution in [0.1, 0.15) is 6.92 Å². The minimum atomic E-state index is -1.07. The Balaban J connectivity index is 1.71. The summed E-state index contributed by atoms with van der Waals surface area (Å²) in [6, 6.07) is 4.27. The smallest absolute Gasteiger partial charge is 0.214 e. The fraction of sp³-hybridized carbons (Fsp3) is 0.412. The molecule has 1 aromatic carbocycles. The number of ether oxygens (including phenoxy) is 1. The number of anilines is 1. The minimum Gasteiger partial charge on any atom is -0.496 e. The largest absolute Gasteiger partial charge is 0.496 e. The molecule has 27 heavy (non-hydrogen) atoms. The van der Waals surface area contributed by atoms with Crippen LogP contribution in [-0.2, 0) is 0 Å². The van der Waals surface area contributed by atoms with Gasteiger partial charge in [-0.25, -0.2) is 13.9 Å². The van der Waals surface area contributed by atoms with Gasteiger partial charge >= 0.3 is 0 Å². The van der Waals surface area contributed by atoms with Gasteiger partial charge < -0.3 is 25.6 Å². The molecule has 0 radical (unpaired) electrons. The van der Waals surface area contributed by atoms with Gasteiger partial charge in [0.1, 0.15) is 11.6 Å². The maximum atomic E-state index is 13.5. The van der Waals surface area contributed by atoms with Crippen molar-refractivity contribution in [1.82, 2.24) is 14.6 Å². The molecule has 0 bridgehead atoms. The van der Waals surface area contributed by atoms with Crippen molar-refractivity contribution in [2.75, 3.05) is 25.1 Å². The lowest BCUT2D eigenvalue weighted by atomic mass is 9.85. The summed E-state index contributed by atoms with van der Waals surface area (Å²) in [4.78, 5) is 6.79. The number of fused-ring (bicyclic) bond motifs is 1. The van der Waals surface area contributed by atoms with Crippen molar-refractivity contribution >= 4 is 21.4 Å². The summed E-state index contributed by atoms with van der Waals surface area (Å²) >= 11 is 1.33. The summed E-state index contributed by atoms with van der Waals surface area (Å²) in [6.45, 7) is 2.15. The standard InChI is InChI=1S/C17H20FN5O3S/c1-17(19)13(24)7-22(8-14(17)25)16-21-23-11(6-20-15(23)27-16)10-4-3-9(18)5-12(10)26-2/h3-6,13-14,24-25H,7-8,19H2,1-2H3. The SMILES string of the molecule is COc1cc(F)ccc1-c1cnc2sc(N3CC(O)C(C)(N)C(O)C3)nn12. The van der Waals surface area contributed by atoms with E-state index in [1.54, 1.807) is 28.6 Å². The van der Waals surface area contributed by atoms with Crippen LogP contribution in [0.25, 0.3) is 16.2 Å². The number of rotatable bonds is 3. The number of nitrogens with two attached hydrogens (primary N) is 1. The number of hydrogen-bond acceptors (Lipinski definition) is 8. The number of aliphatic hydroxyl groups excluding tert-OH is 2. The molecular formula is C17H20FN5O3S. The Morgan fingerprint density at radius 2 is 2.04 bits per heavy atom. The Morgan fingerprint density at radius 1 is 1.33 bits per heavy atom. The number of methoxy groups -OCH3 is 1. The van der Waals surface area contributed by atoms with Crippen LogP contribution in [0.4, 0.5) is 9.52 Å². The number of aliphatic hydroxyl groups is 2. The van der Waals surface area contributed by atoms with Gasteiger partial charge in [0, 0.05) is 24.7 Å². The van der Waals surface area contributed by atoms with Crippen LogP contribution in [0, 0.1) is 5.82 Å². The molecular weight excluding hydrogens is 373 g/mol. The molecule has 1 saturated heterocycles. The van der Waals surface area contributed by atoms with Gasteiger partial charge in [0.15, 0.2) is 0 Å². The lowest BCUT2D eigenvalue weighted by Gasteiger charge is -2.44. The second-order valence-electron chi connectivity index (χ2n) is 6.87. The molecule has 1 aliphatic heterocycles. The van der Waals surface area contributed by atoms with Crippen LogP contribution >= 0.6 is 11.3 Å². The lowest BCUT2D eigenvalue weighted by molar-refractivity contribution is -0.0130. The molecule has 1 aliphatic rings. The second kappa shape index (κ2) is 6.41. The van der Waals surface area contributed by atoms with E-state index in [0.717, 1.165) is 0 Å². The molecule has 0 amide bonds. The van der Waals surface area contributed by atoms with Crippen molar-refractivity contribution in [2.45, 2.75) is 24.7 Å². The van der Waals surface area contributed by atoms with Crippen molar-refractivity contribution in [3.05, 3.63) is 30.2 Å². The van der Waals surface area contributed by atoms with Crippen molar-refractivity contribution in [2.24, 2.45) is 5.73 Å². The molecule has 2 atom stereocenters. The van der Waals surface area contributed by atoms with E-state index in [1.165, 1.54) is 30.6 Å². The second-order valence-corrected chi connectivity index (χ2v) is 7.80. The Hall–Kier alpha value is -2.27. The summed E-state index contributed by atoms with van der Waals surface area (Å²) in [6.07, 6.45) is -0.141. The van der Waals surface area contributed by atoms with Gasteiger partial charge in [-0.2, -0.15) is 0 Å². The molecule has 3 heterocycles. The van der Waals surface area contributed by atoms with E-state index < -0.39 is 23.6 Å². The van der Waals surface area contributed by atoms with Gasteiger partial charge in [-0.05, 0) is 19.1 Å². The predicted octanol–water partition coefficient (Wildman–Crippen LogP) is 0.865. The predicted molar refractivity (Wildman–Crippen MR) is 99.6 cm³/mol. The van der Waals surface area contributed by atoms with E-state index in [2.05, 4.69) is 10.1 Å². The highest BCUT2D eigenvalue weighted by molar-refractivity contribution is 7.20. The number of hydrogen-bond donors (Lipinski definition) is 3. The van der Waals surface area contributed by atoms with Crippen molar-refractivity contribution < 1.29 is 19.3 Å². The molecule has 3 aromatic rings. The highest BCUT2D eigenvalue weighted by atomic mass is 32.1. The van der Waals surface area contributed by atoms with Gasteiger partial charge in [0.2, 0.25) is 10.1 Å². The van der Waals surface area contributed by atoms with Crippen molar-refractivity contribution in [3.8, 4) is 17.0 Å². The van der Waals surface area contributed by atoms with Crippen molar-refractivity contribution in [1.29, 1.82) is 0 Å². The zero-order chi connectivity index (χ0) is 19.3. The number of imidazole rings is 1. The summed E-state index contributed by atoms with van der Waals surface area (Å²) < 4.78 is 20.4. The summed E-state index contributed by atoms with van der Waals surface area (Å²) in [5, 5.41) is 25.7. The average molecular weight is 393 g/mol. The third-order valence-electron chi connectivity index (χ3n) is 5.01. The molecule has 144 valence electrons. The van der Waals surface area contributed by atoms with Crippen LogP contribution in [-0.4, -0.2) is 62.8 Å². The van der Waals surface area contributed by atoms with Gasteiger partial charge in [0.25, 0.3) is 0 Å². The van der Waals surface area contributed by atoms with Crippen molar-refractivity contribution in [3.63, 3.8) is 0 Å². The highest BCUT2D eigenvalue weighted by Gasteiger charge is 2.43. The fourth-order valence-corrected chi connectivity index (χ4v) is 4.03. The quantitative estimate of drug-likeness (QED) is 0.606. The summed E-state index contributed by atoms with van der Waals surface area (Å²) in [5.41, 5.74) is 6.25. The van der Waals surface area contributed by atoms with Crippen LogP contribution in [0.15, 0.2) is 24.4 Å². The molecule has 0 aliphatic carbocycles. The maximum Gasteiger partial charge on any atom is 0.214 e. The molecule has 0 spiro atoms. The molecule has 8 nitrogen and oxygen atoms in total. The highest BCUT2D eigenvalue weighted by Crippen LogP contribution is 2.34. The topological polar surface area (TPSA) is 109 Å². The Kier molecular flexibility index (Phi) is 4.30. The number of aromatic nitrogens is 3. The van der Waals surface area contributed by atoms with Gasteiger partial charge in [0.05, 0.1) is 36.7 Å². The molecule has 1 fully saturated rings. The molecule has 2 aromatic heterocycles. The minimum absolute atomic E-state index is 0.260. The van der Waals surface area contributed by atoms with Crippen LogP contribution in [0.5, 0.6) is 5.75 Å². The zero-order valence-corrected chi connectivity index (χ0v) is 15.6. The molecule has 2 unspecified atom stereocenters. The monoisotopic (exact) mass is 393 g/mol. The Labute approximate surface area is 158 Å².